The van der Waals surface area contributed by atoms with Gasteiger partial charge in [-0.25, -0.2) is 0 Å². The second-order valence-corrected chi connectivity index (χ2v) is 10.3. The van der Waals surface area contributed by atoms with Crippen LogP contribution in [0.4, 0.5) is 5.69 Å². The Labute approximate surface area is 196 Å². The number of nitro groups is 1. The fourth-order valence-corrected chi connectivity index (χ4v) is 6.70. The number of likely N-dealkylation sites (tertiary alicyclic amines) is 1. The molecule has 0 radical (unpaired) electrons. The first-order valence-electron chi connectivity index (χ1n) is 11.3. The standard InChI is InChI=1S/C28H26N2O2S/c31-30(32)26-13-11-22(12-14-26)6-5-17-29-18-15-27(16-19-29)33-21-25-9-2-1-7-23(25)20-24-8-3-4-10-28(24)33/h1-14,20-21H,15-19H2. The van der Waals surface area contributed by atoms with Gasteiger partial charge in [-0.15, -0.1) is 10.5 Å². The summed E-state index contributed by atoms with van der Waals surface area (Å²) in [5.41, 5.74) is 2.46. The van der Waals surface area contributed by atoms with E-state index in [9.17, 15) is 10.1 Å². The van der Waals surface area contributed by atoms with Gasteiger partial charge in [0.2, 0.25) is 0 Å². The molecule has 4 nitrogen and oxygen atoms in total. The predicted molar refractivity (Wildman–Crippen MR) is 139 cm³/mol. The summed E-state index contributed by atoms with van der Waals surface area (Å²) in [6, 6.07) is 24.2. The highest BCUT2D eigenvalue weighted by Crippen LogP contribution is 2.36. The van der Waals surface area contributed by atoms with Crippen LogP contribution in [0.15, 0.2) is 83.8 Å². The Morgan fingerprint density at radius 1 is 0.909 bits per heavy atom. The molecule has 0 bridgehead atoms. The molecule has 33 heavy (non-hydrogen) atoms. The van der Waals surface area contributed by atoms with E-state index < -0.39 is 0 Å². The summed E-state index contributed by atoms with van der Waals surface area (Å²) in [6.45, 7) is 3.02. The van der Waals surface area contributed by atoms with E-state index in [-0.39, 0.29) is 21.1 Å². The first kappa shape index (κ1) is 21.6. The summed E-state index contributed by atoms with van der Waals surface area (Å²) in [6.07, 6.45) is 8.76. The van der Waals surface area contributed by atoms with Crippen LogP contribution in [-0.4, -0.2) is 34.3 Å². The molecule has 5 rings (SSSR count). The average Bonchev–Trinajstić information content (AvgIpc) is 3.02. The lowest BCUT2D eigenvalue weighted by molar-refractivity contribution is -0.384. The van der Waals surface area contributed by atoms with Crippen molar-refractivity contribution in [1.29, 1.82) is 0 Å². The SMILES string of the molecule is O=[N+]([O-])c1ccc(C=CCN2CCC(=S3C=c4ccccc4=Cc4ccccc43)CC2)cc1. The van der Waals surface area contributed by atoms with Gasteiger partial charge in [-0.3, -0.25) is 15.0 Å². The topological polar surface area (TPSA) is 46.4 Å². The number of hydrogen-bond acceptors (Lipinski definition) is 3. The fourth-order valence-electron chi connectivity index (χ4n) is 4.40. The van der Waals surface area contributed by atoms with E-state index >= 15 is 0 Å². The molecule has 0 N–H and O–H groups in total. The van der Waals surface area contributed by atoms with Crippen LogP contribution >= 0.6 is 10.5 Å². The molecular formula is C28H26N2O2S. The van der Waals surface area contributed by atoms with Crippen molar-refractivity contribution in [2.75, 3.05) is 19.6 Å². The lowest BCUT2D eigenvalue weighted by Gasteiger charge is -2.29. The third kappa shape index (κ3) is 4.90. The van der Waals surface area contributed by atoms with Crippen LogP contribution in [0.25, 0.3) is 17.6 Å². The summed E-state index contributed by atoms with van der Waals surface area (Å²) in [5.74, 6) is 0. The molecule has 166 valence electrons. The van der Waals surface area contributed by atoms with Crippen molar-refractivity contribution in [2.24, 2.45) is 0 Å². The molecule has 5 heteroatoms. The van der Waals surface area contributed by atoms with Crippen LogP contribution in [0, 0.1) is 10.1 Å². The van der Waals surface area contributed by atoms with Crippen molar-refractivity contribution >= 4 is 38.6 Å². The Bertz CT molecular complexity index is 1360. The molecule has 0 spiro atoms. The molecule has 2 heterocycles. The van der Waals surface area contributed by atoms with E-state index in [4.69, 9.17) is 0 Å². The number of hydrogen-bond donors (Lipinski definition) is 0. The molecule has 3 aromatic carbocycles. The van der Waals surface area contributed by atoms with Crippen molar-refractivity contribution in [1.82, 2.24) is 4.90 Å². The van der Waals surface area contributed by atoms with Crippen molar-refractivity contribution < 1.29 is 4.92 Å². The Balaban J connectivity index is 1.31. The van der Waals surface area contributed by atoms with Crippen molar-refractivity contribution in [3.05, 3.63) is 111 Å². The molecule has 3 aromatic rings. The number of benzene rings is 3. The van der Waals surface area contributed by atoms with Gasteiger partial charge >= 0.3 is 0 Å². The van der Waals surface area contributed by atoms with E-state index in [1.54, 1.807) is 29.1 Å². The third-order valence-corrected chi connectivity index (χ3v) is 8.58. The number of nitro benzene ring substituents is 1. The molecular weight excluding hydrogens is 428 g/mol. The highest BCUT2D eigenvalue weighted by atomic mass is 32.2. The Kier molecular flexibility index (Phi) is 6.33. The molecule has 2 aliphatic heterocycles. The van der Waals surface area contributed by atoms with Gasteiger partial charge in [0.05, 0.1) is 4.92 Å². The van der Waals surface area contributed by atoms with Gasteiger partial charge in [0.25, 0.3) is 5.69 Å². The van der Waals surface area contributed by atoms with Gasteiger partial charge in [0, 0.05) is 36.7 Å². The van der Waals surface area contributed by atoms with E-state index in [1.807, 2.05) is 6.08 Å². The monoisotopic (exact) mass is 454 g/mol. The van der Waals surface area contributed by atoms with Crippen LogP contribution in [-0.2, 0) is 0 Å². The largest absolute Gasteiger partial charge is 0.299 e. The summed E-state index contributed by atoms with van der Waals surface area (Å²) >= 11 is 0. The molecule has 0 aromatic heterocycles. The molecule has 1 unspecified atom stereocenters. The van der Waals surface area contributed by atoms with Gasteiger partial charge in [0.1, 0.15) is 0 Å². The summed E-state index contributed by atoms with van der Waals surface area (Å²) < 4.78 is 0. The Hall–Kier alpha value is -3.28. The van der Waals surface area contributed by atoms with Gasteiger partial charge in [-0.05, 0) is 69.0 Å². The Morgan fingerprint density at radius 3 is 2.36 bits per heavy atom. The fraction of sp³-hybridized carbons (Fsp3) is 0.179. The van der Waals surface area contributed by atoms with Crippen LogP contribution < -0.4 is 10.4 Å². The maximum Gasteiger partial charge on any atom is 0.269 e. The van der Waals surface area contributed by atoms with E-state index in [2.05, 4.69) is 71.0 Å². The zero-order chi connectivity index (χ0) is 22.6. The lowest BCUT2D eigenvalue weighted by atomic mass is 10.1. The molecule has 1 saturated heterocycles. The molecule has 1 fully saturated rings. The number of fused-ring (bicyclic) bond motifs is 2. The van der Waals surface area contributed by atoms with Gasteiger partial charge in [0.15, 0.2) is 0 Å². The second-order valence-electron chi connectivity index (χ2n) is 8.36. The number of rotatable bonds is 4. The lowest BCUT2D eigenvalue weighted by Crippen LogP contribution is -2.34. The highest BCUT2D eigenvalue weighted by molar-refractivity contribution is 8.22. The number of nitrogens with zero attached hydrogens (tertiary/aromatic N) is 2. The molecule has 0 saturated carbocycles. The predicted octanol–water partition coefficient (Wildman–Crippen LogP) is 4.78. The van der Waals surface area contributed by atoms with Crippen molar-refractivity contribution in [3.63, 3.8) is 0 Å². The number of non-ortho nitro benzene ring substituents is 1. The second kappa shape index (κ2) is 9.69. The zero-order valence-electron chi connectivity index (χ0n) is 18.4. The molecule has 0 amide bonds. The third-order valence-electron chi connectivity index (χ3n) is 6.21. The molecule has 0 aliphatic carbocycles. The van der Waals surface area contributed by atoms with Crippen LogP contribution in [0.1, 0.15) is 24.0 Å². The van der Waals surface area contributed by atoms with E-state index in [1.165, 1.54) is 20.9 Å². The van der Waals surface area contributed by atoms with E-state index in [0.717, 1.165) is 38.0 Å². The van der Waals surface area contributed by atoms with E-state index in [0.29, 0.717) is 0 Å². The Morgan fingerprint density at radius 2 is 1.61 bits per heavy atom. The minimum absolute atomic E-state index is 0.0194. The van der Waals surface area contributed by atoms with Crippen molar-refractivity contribution in [2.45, 2.75) is 17.7 Å². The van der Waals surface area contributed by atoms with Crippen LogP contribution in [0.3, 0.4) is 0 Å². The maximum absolute atomic E-state index is 10.8. The van der Waals surface area contributed by atoms with Crippen molar-refractivity contribution in [3.8, 4) is 0 Å². The minimum atomic E-state index is -0.364. The van der Waals surface area contributed by atoms with Crippen LogP contribution in [0.5, 0.6) is 0 Å². The normalized spacial score (nSPS) is 18.1. The average molecular weight is 455 g/mol. The minimum Gasteiger partial charge on any atom is -0.299 e. The molecule has 1 atom stereocenters. The van der Waals surface area contributed by atoms with Gasteiger partial charge < -0.3 is 0 Å². The highest BCUT2D eigenvalue weighted by Gasteiger charge is 2.17. The zero-order valence-corrected chi connectivity index (χ0v) is 19.2. The summed E-state index contributed by atoms with van der Waals surface area (Å²) in [7, 11) is 0.0194. The summed E-state index contributed by atoms with van der Waals surface area (Å²) in [5, 5.41) is 15.9. The summed E-state index contributed by atoms with van der Waals surface area (Å²) in [4.78, 5) is 16.0. The van der Waals surface area contributed by atoms with Gasteiger partial charge in [-0.1, -0.05) is 54.6 Å². The number of piperidine rings is 1. The first-order chi connectivity index (χ1) is 16.2. The van der Waals surface area contributed by atoms with Crippen LogP contribution in [0.2, 0.25) is 0 Å². The first-order valence-corrected chi connectivity index (χ1v) is 12.5. The smallest absolute Gasteiger partial charge is 0.269 e. The quantitative estimate of drug-likeness (QED) is 0.324. The van der Waals surface area contributed by atoms with Gasteiger partial charge in [-0.2, -0.15) is 0 Å². The maximum atomic E-state index is 10.8. The molecule has 2 aliphatic rings.